The van der Waals surface area contributed by atoms with Crippen molar-refractivity contribution in [3.63, 3.8) is 0 Å². The number of amidine groups is 1. The van der Waals surface area contributed by atoms with Gasteiger partial charge in [-0.05, 0) is 5.56 Å². The third-order valence-electron chi connectivity index (χ3n) is 4.09. The molecule has 1 aromatic rings. The van der Waals surface area contributed by atoms with Crippen molar-refractivity contribution in [3.05, 3.63) is 47.4 Å². The minimum Gasteiger partial charge on any atom is -0.476 e. The highest BCUT2D eigenvalue weighted by Gasteiger charge is 2.54. The van der Waals surface area contributed by atoms with Gasteiger partial charge >= 0.3 is 5.97 Å². The Morgan fingerprint density at radius 2 is 2.07 bits per heavy atom. The number of nitrogens with zero attached hydrogens (tertiary/aromatic N) is 2. The number of hydrogen-bond donors (Lipinski definition) is 3. The lowest BCUT2D eigenvalue weighted by atomic mass is 10.0. The van der Waals surface area contributed by atoms with Crippen LogP contribution in [-0.2, 0) is 20.8 Å². The van der Waals surface area contributed by atoms with E-state index in [4.69, 9.17) is 10.8 Å². The summed E-state index contributed by atoms with van der Waals surface area (Å²) < 4.78 is 13.7. The van der Waals surface area contributed by atoms with E-state index in [0.717, 1.165) is 22.2 Å². The maximum Gasteiger partial charge on any atom is 0.355 e. The van der Waals surface area contributed by atoms with Crippen molar-refractivity contribution in [3.8, 4) is 0 Å². The van der Waals surface area contributed by atoms with Crippen LogP contribution < -0.4 is 11.1 Å². The van der Waals surface area contributed by atoms with Gasteiger partial charge in [-0.25, -0.2) is 9.18 Å². The van der Waals surface area contributed by atoms with Crippen LogP contribution in [0, 0.1) is 0 Å². The summed E-state index contributed by atoms with van der Waals surface area (Å²) in [5.74, 6) is -3.42. The molecule has 10 heteroatoms. The van der Waals surface area contributed by atoms with Crippen molar-refractivity contribution in [2.24, 2.45) is 10.7 Å². The second-order valence-electron chi connectivity index (χ2n) is 5.98. The molecule has 2 atom stereocenters. The lowest BCUT2D eigenvalue weighted by Crippen LogP contribution is -2.70. The average molecular weight is 392 g/mol. The second-order valence-corrected chi connectivity index (χ2v) is 7.09. The molecule has 2 amide bonds. The minimum absolute atomic E-state index is 0.162. The van der Waals surface area contributed by atoms with Crippen LogP contribution in [0.4, 0.5) is 4.39 Å². The van der Waals surface area contributed by atoms with E-state index in [9.17, 15) is 18.8 Å². The van der Waals surface area contributed by atoms with Gasteiger partial charge in [0, 0.05) is 12.2 Å². The third kappa shape index (κ3) is 3.95. The fourth-order valence-electron chi connectivity index (χ4n) is 2.84. The maximum absolute atomic E-state index is 13.7. The van der Waals surface area contributed by atoms with E-state index in [0.29, 0.717) is 6.42 Å². The number of amides is 2. The van der Waals surface area contributed by atoms with E-state index >= 15 is 0 Å². The fraction of sp³-hybridized carbons (Fsp3) is 0.294. The molecule has 27 heavy (non-hydrogen) atoms. The SMILES string of the molecule is NC(Cc1ccccc1)=NCC(=O)NC1C(=O)N2C(C(=O)O)=C(F)CS[C@@H]12. The number of nitrogens with one attached hydrogen (secondary N) is 1. The Bertz CT molecular complexity index is 843. The van der Waals surface area contributed by atoms with Gasteiger partial charge in [0.2, 0.25) is 5.91 Å². The summed E-state index contributed by atoms with van der Waals surface area (Å²) >= 11 is 1.06. The van der Waals surface area contributed by atoms with Gasteiger partial charge in [-0.1, -0.05) is 30.3 Å². The normalized spacial score (nSPS) is 22.2. The van der Waals surface area contributed by atoms with Gasteiger partial charge in [-0.2, -0.15) is 0 Å². The zero-order valence-corrected chi connectivity index (χ0v) is 14.9. The number of rotatable bonds is 6. The number of β-lactam (4-membered cyclic amide) rings is 1. The molecule has 0 bridgehead atoms. The van der Waals surface area contributed by atoms with E-state index in [-0.39, 0.29) is 18.1 Å². The molecule has 8 nitrogen and oxygen atoms in total. The standard InChI is InChI=1S/C17H17FN4O4S/c18-10-8-27-16-13(15(24)22(16)14(10)17(25)26)21-12(23)7-20-11(19)6-9-4-2-1-3-5-9/h1-5,13,16H,6-8H2,(H2,19,20)(H,21,23)(H,25,26)/t13?,16-/m0/s1. The largest absolute Gasteiger partial charge is 0.476 e. The predicted octanol–water partition coefficient (Wildman–Crippen LogP) is 0.252. The average Bonchev–Trinajstić information content (AvgIpc) is 2.64. The number of aliphatic carboxylic acids is 1. The Balaban J connectivity index is 1.56. The van der Waals surface area contributed by atoms with Crippen LogP contribution in [0.25, 0.3) is 0 Å². The van der Waals surface area contributed by atoms with Crippen molar-refractivity contribution in [2.45, 2.75) is 17.8 Å². The molecule has 0 radical (unpaired) electrons. The van der Waals surface area contributed by atoms with Crippen LogP contribution in [0.5, 0.6) is 0 Å². The molecule has 1 unspecified atom stereocenters. The summed E-state index contributed by atoms with van der Waals surface area (Å²) in [6.45, 7) is -0.254. The number of carboxylic acids is 1. The number of aliphatic imine (C=N–C) groups is 1. The highest BCUT2D eigenvalue weighted by molar-refractivity contribution is 8.00. The summed E-state index contributed by atoms with van der Waals surface area (Å²) in [5.41, 5.74) is 6.11. The molecule has 2 aliphatic heterocycles. The van der Waals surface area contributed by atoms with Crippen LogP contribution in [0.3, 0.4) is 0 Å². The Labute approximate surface area is 158 Å². The summed E-state index contributed by atoms with van der Waals surface area (Å²) in [7, 11) is 0. The molecule has 0 spiro atoms. The fourth-order valence-corrected chi connectivity index (χ4v) is 4.02. The van der Waals surface area contributed by atoms with Crippen LogP contribution in [-0.4, -0.2) is 57.3 Å². The number of thioether (sulfide) groups is 1. The predicted molar refractivity (Wildman–Crippen MR) is 97.4 cm³/mol. The minimum atomic E-state index is -1.51. The second kappa shape index (κ2) is 7.78. The van der Waals surface area contributed by atoms with Crippen molar-refractivity contribution >= 4 is 35.4 Å². The lowest BCUT2D eigenvalue weighted by molar-refractivity contribution is -0.150. The van der Waals surface area contributed by atoms with Crippen molar-refractivity contribution in [1.82, 2.24) is 10.2 Å². The van der Waals surface area contributed by atoms with Crippen LogP contribution in [0.2, 0.25) is 0 Å². The van der Waals surface area contributed by atoms with Gasteiger partial charge in [0.25, 0.3) is 5.91 Å². The van der Waals surface area contributed by atoms with E-state index in [1.54, 1.807) is 0 Å². The van der Waals surface area contributed by atoms with Gasteiger partial charge in [-0.3, -0.25) is 19.5 Å². The highest BCUT2D eigenvalue weighted by atomic mass is 32.2. The zero-order chi connectivity index (χ0) is 19.6. The van der Waals surface area contributed by atoms with Gasteiger partial charge in [0.15, 0.2) is 5.70 Å². The number of carboxylic acid groups (broad SMARTS) is 1. The number of fused-ring (bicyclic) bond motifs is 1. The monoisotopic (exact) mass is 392 g/mol. The van der Waals surface area contributed by atoms with Gasteiger partial charge < -0.3 is 16.2 Å². The number of halogens is 1. The summed E-state index contributed by atoms with van der Waals surface area (Å²) in [5, 5.41) is 10.9. The third-order valence-corrected chi connectivity index (χ3v) is 5.34. The van der Waals surface area contributed by atoms with Crippen molar-refractivity contribution in [1.29, 1.82) is 0 Å². The Hall–Kier alpha value is -2.88. The molecule has 2 heterocycles. The number of hydrogen-bond acceptors (Lipinski definition) is 5. The first kappa shape index (κ1) is 18.9. The molecular formula is C17H17FN4O4S. The molecule has 0 aliphatic carbocycles. The van der Waals surface area contributed by atoms with Crippen LogP contribution >= 0.6 is 11.8 Å². The first-order valence-electron chi connectivity index (χ1n) is 8.07. The molecule has 142 valence electrons. The molecule has 1 saturated heterocycles. The molecule has 3 rings (SSSR count). The van der Waals surface area contributed by atoms with Gasteiger partial charge in [0.1, 0.15) is 23.8 Å². The zero-order valence-electron chi connectivity index (χ0n) is 14.1. The van der Waals surface area contributed by atoms with Gasteiger partial charge in [0.05, 0.1) is 5.84 Å². The van der Waals surface area contributed by atoms with Crippen molar-refractivity contribution < 1.29 is 23.9 Å². The number of nitrogens with two attached hydrogens (primary N) is 1. The molecule has 0 aromatic heterocycles. The smallest absolute Gasteiger partial charge is 0.355 e. The van der Waals surface area contributed by atoms with E-state index in [2.05, 4.69) is 10.3 Å². The first-order valence-corrected chi connectivity index (χ1v) is 9.12. The topological polar surface area (TPSA) is 125 Å². The maximum atomic E-state index is 13.7. The Morgan fingerprint density at radius 3 is 2.74 bits per heavy atom. The van der Waals surface area contributed by atoms with Crippen LogP contribution in [0.15, 0.2) is 46.8 Å². The number of benzene rings is 1. The molecule has 1 fully saturated rings. The summed E-state index contributed by atoms with van der Waals surface area (Å²) in [6, 6.07) is 8.48. The molecular weight excluding hydrogens is 375 g/mol. The van der Waals surface area contributed by atoms with Crippen LogP contribution in [0.1, 0.15) is 5.56 Å². The molecule has 1 aromatic carbocycles. The summed E-state index contributed by atoms with van der Waals surface area (Å²) in [4.78, 5) is 40.2. The lowest BCUT2D eigenvalue weighted by Gasteiger charge is -2.48. The number of carbonyl (C=O) groups is 3. The van der Waals surface area contributed by atoms with E-state index in [1.807, 2.05) is 30.3 Å². The molecule has 2 aliphatic rings. The molecule has 4 N–H and O–H groups in total. The Kier molecular flexibility index (Phi) is 5.45. The highest BCUT2D eigenvalue weighted by Crippen LogP contribution is 2.40. The first-order chi connectivity index (χ1) is 12.9. The molecule has 0 saturated carbocycles. The summed E-state index contributed by atoms with van der Waals surface area (Å²) in [6.07, 6.45) is 0.398. The van der Waals surface area contributed by atoms with E-state index in [1.165, 1.54) is 0 Å². The Morgan fingerprint density at radius 1 is 1.37 bits per heavy atom. The number of carbonyl (C=O) groups excluding carboxylic acids is 2. The van der Waals surface area contributed by atoms with Crippen molar-refractivity contribution in [2.75, 3.05) is 12.3 Å². The van der Waals surface area contributed by atoms with E-state index < -0.39 is 40.7 Å². The van der Waals surface area contributed by atoms with Gasteiger partial charge in [-0.15, -0.1) is 11.8 Å². The quantitative estimate of drug-likeness (QED) is 0.362.